The number of rotatable bonds is 6. The summed E-state index contributed by atoms with van der Waals surface area (Å²) in [5.74, 6) is 0.430. The van der Waals surface area contributed by atoms with Gasteiger partial charge in [0.05, 0.1) is 0 Å². The third kappa shape index (κ3) is 14.8. The lowest BCUT2D eigenvalue weighted by atomic mass is 9.95. The van der Waals surface area contributed by atoms with E-state index < -0.39 is 0 Å². The molecule has 3 aliphatic rings. The van der Waals surface area contributed by atoms with Crippen LogP contribution in [0.2, 0.25) is 0 Å². The van der Waals surface area contributed by atoms with Crippen LogP contribution in [0.15, 0.2) is 179 Å². The molecule has 0 atom stereocenters. The van der Waals surface area contributed by atoms with Crippen molar-refractivity contribution >= 4 is 53.8 Å². The summed E-state index contributed by atoms with van der Waals surface area (Å²) in [6.07, 6.45) is 11.9. The minimum atomic E-state index is 0.143. The number of benzene rings is 6. The Labute approximate surface area is 409 Å². The number of hydrogen-bond donors (Lipinski definition) is 3. The lowest BCUT2D eigenvalue weighted by Gasteiger charge is -2.18. The Balaban J connectivity index is 0.000000153. The molecule has 3 heterocycles. The fraction of sp³-hybridized carbons (Fsp3) is 0.190. The minimum absolute atomic E-state index is 0.143. The molecule has 6 aromatic rings. The molecule has 0 unspecified atom stereocenters. The average molecular weight is 910 g/mol. The molecule has 6 nitrogen and oxygen atoms in total. The fourth-order valence-electron chi connectivity index (χ4n) is 7.98. The summed E-state index contributed by atoms with van der Waals surface area (Å²) >= 11 is 0. The topological polar surface area (TPSA) is 87.3 Å². The Morgan fingerprint density at radius 2 is 0.377 bits per heavy atom. The van der Waals surface area contributed by atoms with Gasteiger partial charge in [0.2, 0.25) is 0 Å². The first-order valence-corrected chi connectivity index (χ1v) is 23.7. The lowest BCUT2D eigenvalue weighted by Crippen LogP contribution is -2.32. The van der Waals surface area contributed by atoms with Crippen LogP contribution in [0.4, 0.5) is 0 Å². The quantitative estimate of drug-likeness (QED) is 0.144. The Morgan fingerprint density at radius 3 is 0.507 bits per heavy atom. The highest BCUT2D eigenvalue weighted by Gasteiger charge is 2.22. The molecule has 3 saturated heterocycles. The minimum Gasteiger partial charge on any atom is -0.308 e. The smallest absolute Gasteiger partial charge is 0.187 e. The summed E-state index contributed by atoms with van der Waals surface area (Å²) in [6.45, 7) is 16.1. The monoisotopic (exact) mass is 909 g/mol. The summed E-state index contributed by atoms with van der Waals surface area (Å²) in [5, 5.41) is 9.96. The first-order chi connectivity index (χ1) is 33.3. The number of aryl methyl sites for hydroxylation is 6. The first kappa shape index (κ1) is 49.6. The zero-order chi connectivity index (χ0) is 48.7. The molecule has 0 bridgehead atoms. The molecule has 6 heteroatoms. The molecule has 0 saturated carbocycles. The zero-order valence-corrected chi connectivity index (χ0v) is 40.8. The predicted molar refractivity (Wildman–Crippen MR) is 289 cm³/mol. The summed E-state index contributed by atoms with van der Waals surface area (Å²) in [5.41, 5.74) is 18.6. The van der Waals surface area contributed by atoms with Gasteiger partial charge in [0, 0.05) is 72.7 Å². The van der Waals surface area contributed by atoms with Gasteiger partial charge in [-0.3, -0.25) is 14.4 Å². The number of nitrogens with one attached hydrogen (secondary N) is 3. The van der Waals surface area contributed by atoms with E-state index in [0.29, 0.717) is 39.3 Å². The molecule has 69 heavy (non-hydrogen) atoms. The van der Waals surface area contributed by atoms with Crippen LogP contribution in [0.5, 0.6) is 0 Å². The zero-order valence-electron chi connectivity index (χ0n) is 40.8. The van der Waals surface area contributed by atoms with Crippen LogP contribution < -0.4 is 16.0 Å². The Bertz CT molecular complexity index is 2420. The molecular formula is C63H63N3O3. The van der Waals surface area contributed by atoms with Crippen molar-refractivity contribution in [2.24, 2.45) is 0 Å². The van der Waals surface area contributed by atoms with Gasteiger partial charge in [0.15, 0.2) is 17.3 Å². The fourth-order valence-corrected chi connectivity index (χ4v) is 7.98. The van der Waals surface area contributed by atoms with Crippen molar-refractivity contribution in [1.82, 2.24) is 16.0 Å². The normalized spacial score (nSPS) is 18.6. The van der Waals surface area contributed by atoms with E-state index in [-0.39, 0.29) is 17.3 Å². The van der Waals surface area contributed by atoms with Crippen molar-refractivity contribution in [3.63, 3.8) is 0 Å². The summed E-state index contributed by atoms with van der Waals surface area (Å²) < 4.78 is 0. The molecular weight excluding hydrogens is 847 g/mol. The third-order valence-corrected chi connectivity index (χ3v) is 12.2. The van der Waals surface area contributed by atoms with Crippen LogP contribution in [-0.2, 0) is 14.4 Å². The molecule has 0 amide bonds. The maximum Gasteiger partial charge on any atom is 0.187 e. The number of carbonyl (C=O) groups is 3. The van der Waals surface area contributed by atoms with Crippen LogP contribution in [0.3, 0.4) is 0 Å². The first-order valence-electron chi connectivity index (χ1n) is 23.7. The van der Waals surface area contributed by atoms with Gasteiger partial charge in [0.25, 0.3) is 0 Å². The van der Waals surface area contributed by atoms with E-state index in [1.807, 2.05) is 109 Å². The molecule has 3 N–H and O–H groups in total. The van der Waals surface area contributed by atoms with Gasteiger partial charge in [-0.25, -0.2) is 0 Å². The number of ketones is 3. The number of hydrogen-bond acceptors (Lipinski definition) is 6. The average Bonchev–Trinajstić information content (AvgIpc) is 3.35. The standard InChI is InChI=1S/3C21H21NO/c3*1-15-3-7-17(8-4-15)11-19-13-22-14-20(21(19)23)12-18-9-5-16(2)6-10-18/h3*3-12,22H,13-14H2,1-2H3/b3*19-11+,20-12+. The van der Waals surface area contributed by atoms with Gasteiger partial charge < -0.3 is 16.0 Å². The van der Waals surface area contributed by atoms with Crippen LogP contribution in [0.25, 0.3) is 36.5 Å². The third-order valence-electron chi connectivity index (χ3n) is 12.2. The maximum absolute atomic E-state index is 12.7. The van der Waals surface area contributed by atoms with E-state index in [0.717, 1.165) is 66.8 Å². The summed E-state index contributed by atoms with van der Waals surface area (Å²) in [4.78, 5) is 38.1. The van der Waals surface area contributed by atoms with Crippen LogP contribution in [0, 0.1) is 41.5 Å². The van der Waals surface area contributed by atoms with Gasteiger partial charge in [-0.2, -0.15) is 0 Å². The predicted octanol–water partition coefficient (Wildman–Crippen LogP) is 11.8. The molecule has 348 valence electrons. The van der Waals surface area contributed by atoms with Crippen molar-refractivity contribution in [2.75, 3.05) is 39.3 Å². The van der Waals surface area contributed by atoms with Gasteiger partial charge in [-0.05, 0) is 111 Å². The number of carbonyl (C=O) groups excluding carboxylic acids is 3. The highest BCUT2D eigenvalue weighted by atomic mass is 16.1. The van der Waals surface area contributed by atoms with Gasteiger partial charge >= 0.3 is 0 Å². The van der Waals surface area contributed by atoms with Crippen LogP contribution in [0.1, 0.15) is 66.8 Å². The molecule has 0 radical (unpaired) electrons. The van der Waals surface area contributed by atoms with Crippen molar-refractivity contribution in [1.29, 1.82) is 0 Å². The van der Waals surface area contributed by atoms with E-state index >= 15 is 0 Å². The second kappa shape index (κ2) is 24.1. The summed E-state index contributed by atoms with van der Waals surface area (Å²) in [7, 11) is 0. The number of piperidine rings is 3. The van der Waals surface area contributed by atoms with Crippen molar-refractivity contribution < 1.29 is 14.4 Å². The lowest BCUT2D eigenvalue weighted by molar-refractivity contribution is -0.113. The van der Waals surface area contributed by atoms with E-state index in [4.69, 9.17) is 0 Å². The largest absolute Gasteiger partial charge is 0.308 e. The van der Waals surface area contributed by atoms with E-state index in [1.165, 1.54) is 33.4 Å². The highest BCUT2D eigenvalue weighted by molar-refractivity contribution is 6.16. The molecule has 9 rings (SSSR count). The second-order valence-electron chi connectivity index (χ2n) is 18.3. The van der Waals surface area contributed by atoms with Crippen molar-refractivity contribution in [2.45, 2.75) is 41.5 Å². The van der Waals surface area contributed by atoms with E-state index in [2.05, 4.69) is 130 Å². The van der Waals surface area contributed by atoms with E-state index in [9.17, 15) is 14.4 Å². The molecule has 3 fully saturated rings. The SMILES string of the molecule is Cc1ccc(/C=C2\CNC/C(=C\c3ccc(C)cc3)C2=O)cc1.Cc1ccc(/C=C2\CNC/C(=C\c3ccc(C)cc3)C2=O)cc1.Cc1ccc(/C=C2\CNC/C(=C\c3ccc(C)cc3)C2=O)cc1. The Hall–Kier alpha value is -7.35. The molecule has 0 aromatic heterocycles. The highest BCUT2D eigenvalue weighted by Crippen LogP contribution is 2.22. The summed E-state index contributed by atoms with van der Waals surface area (Å²) in [6, 6.07) is 49.4. The maximum atomic E-state index is 12.7. The second-order valence-corrected chi connectivity index (χ2v) is 18.3. The Morgan fingerprint density at radius 1 is 0.246 bits per heavy atom. The molecule has 0 spiro atoms. The molecule has 3 aliphatic heterocycles. The molecule has 0 aliphatic carbocycles. The van der Waals surface area contributed by atoms with Gasteiger partial charge in [-0.15, -0.1) is 0 Å². The van der Waals surface area contributed by atoms with Crippen molar-refractivity contribution in [3.05, 3.63) is 246 Å². The van der Waals surface area contributed by atoms with Crippen LogP contribution in [-0.4, -0.2) is 56.6 Å². The van der Waals surface area contributed by atoms with Crippen molar-refractivity contribution in [3.8, 4) is 0 Å². The van der Waals surface area contributed by atoms with Gasteiger partial charge in [0.1, 0.15) is 0 Å². The number of Topliss-reactive ketones (excluding diaryl/α,β-unsaturated/α-hetero) is 3. The Kier molecular flexibility index (Phi) is 17.3. The molecule has 6 aromatic carbocycles. The van der Waals surface area contributed by atoms with Crippen LogP contribution >= 0.6 is 0 Å². The van der Waals surface area contributed by atoms with E-state index in [1.54, 1.807) is 0 Å². The van der Waals surface area contributed by atoms with Gasteiger partial charge in [-0.1, -0.05) is 179 Å².